The van der Waals surface area contributed by atoms with Crippen LogP contribution in [-0.4, -0.2) is 22.5 Å². The standard InChI is InChI=1S/C18H15BrN2O4/c1-11-8-13(19)9-21-16(11)20-14(18(23)24-2)15(17(21)22)25-10-12-6-4-3-5-7-12/h3-9H,10H2,1-2H3. The fourth-order valence-corrected chi connectivity index (χ4v) is 2.99. The average Bonchev–Trinajstić information content (AvgIpc) is 2.61. The summed E-state index contributed by atoms with van der Waals surface area (Å²) < 4.78 is 12.5. The van der Waals surface area contributed by atoms with Crippen LogP contribution in [0.1, 0.15) is 21.6 Å². The van der Waals surface area contributed by atoms with Gasteiger partial charge in [-0.2, -0.15) is 0 Å². The summed E-state index contributed by atoms with van der Waals surface area (Å²) in [6.07, 6.45) is 1.59. The van der Waals surface area contributed by atoms with Crippen molar-refractivity contribution in [1.29, 1.82) is 0 Å². The number of halogens is 1. The Morgan fingerprint density at radius 1 is 1.28 bits per heavy atom. The van der Waals surface area contributed by atoms with Gasteiger partial charge in [0.2, 0.25) is 5.75 Å². The molecule has 0 atom stereocenters. The lowest BCUT2D eigenvalue weighted by molar-refractivity contribution is 0.0588. The Hall–Kier alpha value is -2.67. The van der Waals surface area contributed by atoms with E-state index in [1.54, 1.807) is 13.1 Å². The highest BCUT2D eigenvalue weighted by Gasteiger charge is 2.22. The number of benzene rings is 1. The third-order valence-electron chi connectivity index (χ3n) is 3.64. The molecular formula is C18H15BrN2O4. The molecule has 0 fully saturated rings. The van der Waals surface area contributed by atoms with Crippen LogP contribution in [0.3, 0.4) is 0 Å². The molecule has 128 valence electrons. The molecule has 6 nitrogen and oxygen atoms in total. The van der Waals surface area contributed by atoms with E-state index in [0.29, 0.717) is 5.65 Å². The van der Waals surface area contributed by atoms with Crippen LogP contribution in [0, 0.1) is 6.92 Å². The zero-order valence-corrected chi connectivity index (χ0v) is 15.2. The Bertz CT molecular complexity index is 999. The molecule has 2 aromatic heterocycles. The van der Waals surface area contributed by atoms with E-state index < -0.39 is 11.5 Å². The number of aromatic nitrogens is 2. The van der Waals surface area contributed by atoms with Gasteiger partial charge < -0.3 is 9.47 Å². The highest BCUT2D eigenvalue weighted by Crippen LogP contribution is 2.20. The monoisotopic (exact) mass is 402 g/mol. The number of methoxy groups -OCH3 is 1. The Morgan fingerprint density at radius 3 is 2.68 bits per heavy atom. The maximum Gasteiger partial charge on any atom is 0.360 e. The normalized spacial score (nSPS) is 10.7. The topological polar surface area (TPSA) is 69.9 Å². The lowest BCUT2D eigenvalue weighted by Crippen LogP contribution is -2.23. The summed E-state index contributed by atoms with van der Waals surface area (Å²) in [5.74, 6) is -0.851. The quantitative estimate of drug-likeness (QED) is 0.626. The Kier molecular flexibility index (Phi) is 4.85. The lowest BCUT2D eigenvalue weighted by Gasteiger charge is -2.12. The first kappa shape index (κ1) is 17.2. The van der Waals surface area contributed by atoms with E-state index in [9.17, 15) is 9.59 Å². The molecule has 2 heterocycles. The molecule has 25 heavy (non-hydrogen) atoms. The van der Waals surface area contributed by atoms with Gasteiger partial charge in [-0.05, 0) is 40.0 Å². The first-order valence-electron chi connectivity index (χ1n) is 7.49. The van der Waals surface area contributed by atoms with Crippen molar-refractivity contribution in [3.05, 3.63) is 74.2 Å². The van der Waals surface area contributed by atoms with Crippen molar-refractivity contribution >= 4 is 27.5 Å². The SMILES string of the molecule is COC(=O)c1nc2c(C)cc(Br)cn2c(=O)c1OCc1ccccc1. The average molecular weight is 403 g/mol. The molecule has 0 radical (unpaired) electrons. The van der Waals surface area contributed by atoms with Crippen LogP contribution in [0.15, 0.2) is 51.9 Å². The number of hydrogen-bond acceptors (Lipinski definition) is 5. The molecule has 0 aliphatic rings. The second kappa shape index (κ2) is 7.06. The molecule has 3 rings (SSSR count). The summed E-state index contributed by atoms with van der Waals surface area (Å²) in [5, 5.41) is 0. The number of hydrogen-bond donors (Lipinski definition) is 0. The molecule has 0 aliphatic heterocycles. The van der Waals surface area contributed by atoms with E-state index in [1.165, 1.54) is 11.5 Å². The largest absolute Gasteiger partial charge is 0.481 e. The molecule has 3 aromatic rings. The Labute approximate surface area is 152 Å². The molecule has 0 amide bonds. The van der Waals surface area contributed by atoms with Crippen LogP contribution in [-0.2, 0) is 11.3 Å². The van der Waals surface area contributed by atoms with Gasteiger partial charge in [0, 0.05) is 10.7 Å². The van der Waals surface area contributed by atoms with Gasteiger partial charge in [-0.25, -0.2) is 9.78 Å². The summed E-state index contributed by atoms with van der Waals surface area (Å²) in [6.45, 7) is 1.94. The second-order valence-corrected chi connectivity index (χ2v) is 6.31. The first-order valence-corrected chi connectivity index (χ1v) is 8.28. The molecule has 0 saturated carbocycles. The number of ether oxygens (including phenoxy) is 2. The van der Waals surface area contributed by atoms with E-state index in [1.807, 2.05) is 36.4 Å². The van der Waals surface area contributed by atoms with Crippen LogP contribution < -0.4 is 10.3 Å². The van der Waals surface area contributed by atoms with Crippen LogP contribution in [0.4, 0.5) is 0 Å². The molecule has 0 spiro atoms. The number of rotatable bonds is 4. The Morgan fingerprint density at radius 2 is 2.00 bits per heavy atom. The first-order chi connectivity index (χ1) is 12.0. The maximum absolute atomic E-state index is 12.9. The minimum Gasteiger partial charge on any atom is -0.481 e. The summed E-state index contributed by atoms with van der Waals surface area (Å²) in [5.41, 5.74) is 1.39. The minimum atomic E-state index is -0.718. The van der Waals surface area contributed by atoms with Gasteiger partial charge in [-0.1, -0.05) is 30.3 Å². The number of fused-ring (bicyclic) bond motifs is 1. The number of carbonyl (C=O) groups is 1. The summed E-state index contributed by atoms with van der Waals surface area (Å²) >= 11 is 3.36. The van der Waals surface area contributed by atoms with Crippen molar-refractivity contribution in [2.75, 3.05) is 7.11 Å². The van der Waals surface area contributed by atoms with Gasteiger partial charge >= 0.3 is 11.5 Å². The molecule has 0 unspecified atom stereocenters. The summed E-state index contributed by atoms with van der Waals surface area (Å²) in [6, 6.07) is 11.2. The van der Waals surface area contributed by atoms with Crippen LogP contribution in [0.5, 0.6) is 5.75 Å². The molecule has 0 saturated heterocycles. The number of carbonyl (C=O) groups excluding carboxylic acids is 1. The highest BCUT2D eigenvalue weighted by molar-refractivity contribution is 9.10. The lowest BCUT2D eigenvalue weighted by atomic mass is 10.2. The van der Waals surface area contributed by atoms with Gasteiger partial charge in [0.1, 0.15) is 12.3 Å². The van der Waals surface area contributed by atoms with Crippen molar-refractivity contribution in [2.45, 2.75) is 13.5 Å². The van der Waals surface area contributed by atoms with Gasteiger partial charge in [-0.3, -0.25) is 9.20 Å². The smallest absolute Gasteiger partial charge is 0.360 e. The van der Waals surface area contributed by atoms with Crippen LogP contribution in [0.25, 0.3) is 5.65 Å². The molecular weight excluding hydrogens is 388 g/mol. The van der Waals surface area contributed by atoms with Crippen LogP contribution in [0.2, 0.25) is 0 Å². The maximum atomic E-state index is 12.9. The molecule has 7 heteroatoms. The van der Waals surface area contributed by atoms with Gasteiger partial charge in [0.05, 0.1) is 7.11 Å². The van der Waals surface area contributed by atoms with E-state index in [4.69, 9.17) is 9.47 Å². The van der Waals surface area contributed by atoms with E-state index in [-0.39, 0.29) is 18.1 Å². The number of nitrogens with zero attached hydrogens (tertiary/aromatic N) is 2. The number of aryl methyl sites for hydroxylation is 1. The highest BCUT2D eigenvalue weighted by atomic mass is 79.9. The minimum absolute atomic E-state index is 0.131. The van der Waals surface area contributed by atoms with E-state index in [0.717, 1.165) is 15.6 Å². The third-order valence-corrected chi connectivity index (χ3v) is 4.07. The number of esters is 1. The third kappa shape index (κ3) is 3.41. The molecule has 0 bridgehead atoms. The predicted octanol–water partition coefficient (Wildman–Crippen LogP) is 3.13. The van der Waals surface area contributed by atoms with Crippen molar-refractivity contribution in [2.24, 2.45) is 0 Å². The van der Waals surface area contributed by atoms with Crippen molar-refractivity contribution < 1.29 is 14.3 Å². The molecule has 0 aliphatic carbocycles. The second-order valence-electron chi connectivity index (χ2n) is 5.40. The Balaban J connectivity index is 2.15. The fraction of sp³-hybridized carbons (Fsp3) is 0.167. The van der Waals surface area contributed by atoms with Crippen molar-refractivity contribution in [1.82, 2.24) is 9.38 Å². The summed E-state index contributed by atoms with van der Waals surface area (Å²) in [4.78, 5) is 29.3. The van der Waals surface area contributed by atoms with Crippen molar-refractivity contribution in [3.63, 3.8) is 0 Å². The fourth-order valence-electron chi connectivity index (χ4n) is 2.44. The zero-order chi connectivity index (χ0) is 18.0. The molecule has 1 aromatic carbocycles. The van der Waals surface area contributed by atoms with E-state index in [2.05, 4.69) is 20.9 Å². The van der Waals surface area contributed by atoms with E-state index >= 15 is 0 Å². The van der Waals surface area contributed by atoms with Gasteiger partial charge in [-0.15, -0.1) is 0 Å². The van der Waals surface area contributed by atoms with Crippen molar-refractivity contribution in [3.8, 4) is 5.75 Å². The van der Waals surface area contributed by atoms with Gasteiger partial charge in [0.15, 0.2) is 5.69 Å². The van der Waals surface area contributed by atoms with Crippen LogP contribution >= 0.6 is 15.9 Å². The summed E-state index contributed by atoms with van der Waals surface area (Å²) in [7, 11) is 1.24. The number of pyridine rings is 1. The molecule has 0 N–H and O–H groups in total. The van der Waals surface area contributed by atoms with Gasteiger partial charge in [0.25, 0.3) is 0 Å². The zero-order valence-electron chi connectivity index (χ0n) is 13.7. The predicted molar refractivity (Wildman–Crippen MR) is 96.0 cm³/mol.